The number of aliphatic imine (C=N–C) groups is 1. The minimum absolute atomic E-state index is 0.0858. The fourth-order valence-corrected chi connectivity index (χ4v) is 5.75. The van der Waals surface area contributed by atoms with Gasteiger partial charge in [-0.15, -0.1) is 0 Å². The molecule has 0 spiro atoms. The van der Waals surface area contributed by atoms with Gasteiger partial charge in [-0.3, -0.25) is 0 Å². The van der Waals surface area contributed by atoms with E-state index in [9.17, 15) is 0 Å². The Hall–Kier alpha value is 0.377. The second-order valence-electron chi connectivity index (χ2n) is 6.96. The van der Waals surface area contributed by atoms with Gasteiger partial charge < -0.3 is 9.47 Å². The molecule has 2 aliphatic rings. The van der Waals surface area contributed by atoms with Crippen LogP contribution in [0.1, 0.15) is 26.7 Å². The monoisotopic (exact) mass is 432 g/mol. The number of hydrogen-bond donors (Lipinski definition) is 0. The third kappa shape index (κ3) is 3.41. The summed E-state index contributed by atoms with van der Waals surface area (Å²) in [6.45, 7) is 12.1. The Bertz CT molecular complexity index is 409. The van der Waals surface area contributed by atoms with E-state index in [0.29, 0.717) is 6.61 Å². The van der Waals surface area contributed by atoms with Crippen molar-refractivity contribution in [2.75, 3.05) is 13.7 Å². The van der Waals surface area contributed by atoms with Crippen LogP contribution in [0.15, 0.2) is 4.99 Å². The molecular formula is C17H27INO2Si. The van der Waals surface area contributed by atoms with Crippen LogP contribution in [-0.4, -0.2) is 39.3 Å². The average Bonchev–Trinajstić information content (AvgIpc) is 3.07. The van der Waals surface area contributed by atoms with Crippen molar-refractivity contribution in [3.63, 3.8) is 0 Å². The molecule has 0 amide bonds. The fourth-order valence-electron chi connectivity index (χ4n) is 3.22. The fraction of sp³-hybridized carbons (Fsp3) is 0.647. The quantitative estimate of drug-likeness (QED) is 0.460. The average molecular weight is 432 g/mol. The van der Waals surface area contributed by atoms with E-state index >= 15 is 0 Å². The van der Waals surface area contributed by atoms with Crippen LogP contribution in [0.25, 0.3) is 0 Å². The Kier molecular flexibility index (Phi) is 6.03. The molecule has 1 atom stereocenters. The molecule has 0 aromatic heterocycles. The number of rotatable bonds is 6. The van der Waals surface area contributed by atoms with Crippen molar-refractivity contribution < 1.29 is 9.47 Å². The van der Waals surface area contributed by atoms with Gasteiger partial charge >= 0.3 is 0 Å². The van der Waals surface area contributed by atoms with Crippen LogP contribution in [0.3, 0.4) is 0 Å². The topological polar surface area (TPSA) is 30.8 Å². The van der Waals surface area contributed by atoms with Crippen LogP contribution in [0, 0.1) is 28.2 Å². The molecule has 1 fully saturated rings. The molecule has 123 valence electrons. The maximum absolute atomic E-state index is 6.03. The van der Waals surface area contributed by atoms with E-state index in [-0.39, 0.29) is 11.6 Å². The third-order valence-corrected chi connectivity index (χ3v) is 7.72. The second-order valence-corrected chi connectivity index (χ2v) is 13.2. The standard InChI is InChI=1S/C17H27INO2Si/c1-7-17(8-2,20-3)14-11-21-16(19-14)15-12(18)9-10-13(15)22(4,5)6/h9-10,14H,7-8,11H2,1-6H3/t14-/m0/s1. The summed E-state index contributed by atoms with van der Waals surface area (Å²) in [4.78, 5) is 4.94. The molecule has 5 heteroatoms. The highest BCUT2D eigenvalue weighted by molar-refractivity contribution is 14.1. The lowest BCUT2D eigenvalue weighted by Gasteiger charge is -2.33. The highest BCUT2D eigenvalue weighted by Gasteiger charge is 2.50. The van der Waals surface area contributed by atoms with Crippen molar-refractivity contribution in [1.82, 2.24) is 0 Å². The van der Waals surface area contributed by atoms with Gasteiger partial charge in [0.2, 0.25) is 0 Å². The molecule has 0 saturated heterocycles. The lowest BCUT2D eigenvalue weighted by Crippen LogP contribution is -2.43. The summed E-state index contributed by atoms with van der Waals surface area (Å²) in [6.07, 6.45) is 6.34. The zero-order valence-electron chi connectivity index (χ0n) is 14.5. The van der Waals surface area contributed by atoms with Gasteiger partial charge in [0.1, 0.15) is 12.6 Å². The van der Waals surface area contributed by atoms with E-state index < -0.39 is 8.07 Å². The Labute approximate surface area is 150 Å². The minimum atomic E-state index is -1.41. The minimum Gasteiger partial charge on any atom is -0.478 e. The van der Waals surface area contributed by atoms with E-state index in [4.69, 9.17) is 14.5 Å². The number of methoxy groups -OCH3 is 1. The first-order valence-corrected chi connectivity index (χ1v) is 12.6. The number of hydrogen-bond acceptors (Lipinski definition) is 3. The molecule has 3 nitrogen and oxygen atoms in total. The van der Waals surface area contributed by atoms with Gasteiger partial charge in [0.25, 0.3) is 0 Å². The highest BCUT2D eigenvalue weighted by Crippen LogP contribution is 2.50. The van der Waals surface area contributed by atoms with Crippen LogP contribution in [-0.2, 0) is 9.47 Å². The second kappa shape index (κ2) is 7.09. The molecule has 2 rings (SSSR count). The smallest absolute Gasteiger partial charge is 0.193 e. The molecule has 0 unspecified atom stereocenters. The van der Waals surface area contributed by atoms with Gasteiger partial charge in [0.15, 0.2) is 5.90 Å². The summed E-state index contributed by atoms with van der Waals surface area (Å²) < 4.78 is 13.1. The third-order valence-electron chi connectivity index (χ3n) is 4.79. The Morgan fingerprint density at radius 3 is 2.45 bits per heavy atom. The predicted molar refractivity (Wildman–Crippen MR) is 103 cm³/mol. The molecule has 5 radical (unpaired) electrons. The molecular weight excluding hydrogens is 405 g/mol. The van der Waals surface area contributed by atoms with Crippen LogP contribution in [0.2, 0.25) is 19.6 Å². The summed E-state index contributed by atoms with van der Waals surface area (Å²) in [7, 11) is 0.378. The van der Waals surface area contributed by atoms with Gasteiger partial charge in [0, 0.05) is 7.11 Å². The van der Waals surface area contributed by atoms with E-state index in [1.165, 1.54) is 15.4 Å². The van der Waals surface area contributed by atoms with Gasteiger partial charge in [-0.05, 0) is 31.2 Å². The zero-order chi connectivity index (χ0) is 16.5. The normalized spacial score (nSPS) is 25.6. The SMILES string of the molecule is CCC(CC)(OC)[C@@H]1COC([C]2[C](I)[CH][CH][C]2[Si](C)(C)C)=N1. The van der Waals surface area contributed by atoms with Crippen molar-refractivity contribution in [3.05, 3.63) is 28.2 Å². The first kappa shape index (κ1) is 18.7. The van der Waals surface area contributed by atoms with Crippen molar-refractivity contribution in [3.8, 4) is 0 Å². The summed E-state index contributed by atoms with van der Waals surface area (Å²) >= 11 is 2.40. The molecule has 1 heterocycles. The lowest BCUT2D eigenvalue weighted by molar-refractivity contribution is -0.0413. The first-order chi connectivity index (χ1) is 10.3. The molecule has 0 aromatic rings. The number of ether oxygens (including phenoxy) is 2. The molecule has 1 aliphatic heterocycles. The summed E-state index contributed by atoms with van der Waals surface area (Å²) in [5.74, 6) is 2.04. The van der Waals surface area contributed by atoms with Gasteiger partial charge in [-0.25, -0.2) is 4.99 Å². The van der Waals surface area contributed by atoms with Crippen molar-refractivity contribution in [2.24, 2.45) is 4.99 Å². The molecule has 0 bridgehead atoms. The van der Waals surface area contributed by atoms with Crippen molar-refractivity contribution in [1.29, 1.82) is 0 Å². The summed E-state index contributed by atoms with van der Waals surface area (Å²) in [6, 6.07) is 0.0858. The maximum Gasteiger partial charge on any atom is 0.193 e. The molecule has 1 aliphatic carbocycles. The number of halogens is 1. The summed E-state index contributed by atoms with van der Waals surface area (Å²) in [5.41, 5.74) is 1.23. The van der Waals surface area contributed by atoms with E-state index in [1.807, 2.05) is 0 Å². The predicted octanol–water partition coefficient (Wildman–Crippen LogP) is 4.40. The van der Waals surface area contributed by atoms with Gasteiger partial charge in [-0.1, -0.05) is 56.1 Å². The Morgan fingerprint density at radius 2 is 1.95 bits per heavy atom. The van der Waals surface area contributed by atoms with Crippen LogP contribution < -0.4 is 0 Å². The molecule has 22 heavy (non-hydrogen) atoms. The van der Waals surface area contributed by atoms with E-state index in [0.717, 1.165) is 18.7 Å². The maximum atomic E-state index is 6.03. The van der Waals surface area contributed by atoms with Crippen LogP contribution in [0.5, 0.6) is 0 Å². The Balaban J connectivity index is 2.24. The molecule has 0 N–H and O–H groups in total. The van der Waals surface area contributed by atoms with Crippen LogP contribution in [0.4, 0.5) is 0 Å². The van der Waals surface area contributed by atoms with E-state index in [1.54, 1.807) is 7.11 Å². The lowest BCUT2D eigenvalue weighted by atomic mass is 9.89. The molecule has 1 saturated carbocycles. The number of nitrogens with zero attached hydrogens (tertiary/aromatic N) is 1. The Morgan fingerprint density at radius 1 is 1.32 bits per heavy atom. The van der Waals surface area contributed by atoms with Gasteiger partial charge in [-0.2, -0.15) is 0 Å². The highest BCUT2D eigenvalue weighted by atomic mass is 127. The van der Waals surface area contributed by atoms with Crippen molar-refractivity contribution in [2.45, 2.75) is 58.0 Å². The van der Waals surface area contributed by atoms with Crippen LogP contribution >= 0.6 is 22.6 Å². The largest absolute Gasteiger partial charge is 0.478 e. The van der Waals surface area contributed by atoms with E-state index in [2.05, 4.69) is 68.9 Å². The zero-order valence-corrected chi connectivity index (χ0v) is 17.7. The summed E-state index contributed by atoms with van der Waals surface area (Å²) in [5, 5.41) is 0. The first-order valence-electron chi connectivity index (χ1n) is 8.00. The molecule has 0 aromatic carbocycles. The van der Waals surface area contributed by atoms with Crippen molar-refractivity contribution >= 4 is 36.6 Å². The van der Waals surface area contributed by atoms with Gasteiger partial charge in [0.05, 0.1) is 23.5 Å².